The Hall–Kier alpha value is -2.89. The number of carbonyl (C=O) groups excluding carboxylic acids is 3. The molecule has 1 aliphatic rings. The van der Waals surface area contributed by atoms with Crippen molar-refractivity contribution in [1.82, 2.24) is 4.90 Å². The Morgan fingerprint density at radius 2 is 1.88 bits per heavy atom. The molecule has 25 heavy (non-hydrogen) atoms. The van der Waals surface area contributed by atoms with Crippen LogP contribution in [0.2, 0.25) is 0 Å². The van der Waals surface area contributed by atoms with E-state index >= 15 is 0 Å². The van der Waals surface area contributed by atoms with Crippen molar-refractivity contribution < 1.29 is 23.9 Å². The van der Waals surface area contributed by atoms with Crippen LogP contribution in [0.25, 0.3) is 0 Å². The van der Waals surface area contributed by atoms with E-state index in [1.807, 2.05) is 6.07 Å². The van der Waals surface area contributed by atoms with Gasteiger partial charge in [-0.25, -0.2) is 9.59 Å². The number of hydrogen-bond acceptors (Lipinski definition) is 5. The van der Waals surface area contributed by atoms with Crippen LogP contribution in [-0.4, -0.2) is 29.4 Å². The van der Waals surface area contributed by atoms with Gasteiger partial charge in [0.05, 0.1) is 12.2 Å². The van der Waals surface area contributed by atoms with Gasteiger partial charge < -0.3 is 9.47 Å². The summed E-state index contributed by atoms with van der Waals surface area (Å²) in [5.74, 6) is -1.17. The van der Waals surface area contributed by atoms with Gasteiger partial charge in [-0.05, 0) is 26.0 Å². The maximum atomic E-state index is 12.6. The average Bonchev–Trinajstić information content (AvgIpc) is 2.61. The highest BCUT2D eigenvalue weighted by molar-refractivity contribution is 5.93. The number of carbonyl (C=O) groups is 3. The molecule has 2 unspecified atom stereocenters. The second-order valence-corrected chi connectivity index (χ2v) is 5.66. The lowest BCUT2D eigenvalue weighted by Crippen LogP contribution is -2.32. The van der Waals surface area contributed by atoms with E-state index in [2.05, 4.69) is 0 Å². The highest BCUT2D eigenvalue weighted by atomic mass is 16.6. The third kappa shape index (κ3) is 4.56. The van der Waals surface area contributed by atoms with Gasteiger partial charge in [-0.15, -0.1) is 0 Å². The van der Waals surface area contributed by atoms with Crippen LogP contribution in [0, 0.1) is 11.8 Å². The van der Waals surface area contributed by atoms with E-state index in [-0.39, 0.29) is 18.0 Å². The van der Waals surface area contributed by atoms with Gasteiger partial charge in [-0.3, -0.25) is 9.69 Å². The lowest BCUT2D eigenvalue weighted by atomic mass is 9.83. The van der Waals surface area contributed by atoms with Crippen molar-refractivity contribution in [2.45, 2.75) is 20.8 Å². The largest absolute Gasteiger partial charge is 0.449 e. The summed E-state index contributed by atoms with van der Waals surface area (Å²) in [5.41, 5.74) is 0.224. The summed E-state index contributed by atoms with van der Waals surface area (Å²) in [6, 6.07) is 8.62. The highest BCUT2D eigenvalue weighted by Gasteiger charge is 2.32. The Kier molecular flexibility index (Phi) is 6.11. The molecule has 6 nitrogen and oxygen atoms in total. The Morgan fingerprint density at radius 3 is 2.48 bits per heavy atom. The van der Waals surface area contributed by atoms with E-state index in [0.717, 1.165) is 0 Å². The summed E-state index contributed by atoms with van der Waals surface area (Å²) in [7, 11) is 0. The predicted molar refractivity (Wildman–Crippen MR) is 91.5 cm³/mol. The van der Waals surface area contributed by atoms with Crippen molar-refractivity contribution >= 4 is 17.8 Å². The van der Waals surface area contributed by atoms with E-state index in [1.54, 1.807) is 44.2 Å². The first-order valence-electron chi connectivity index (χ1n) is 8.06. The van der Waals surface area contributed by atoms with Crippen LogP contribution in [0.4, 0.5) is 4.79 Å². The molecule has 0 N–H and O–H groups in total. The van der Waals surface area contributed by atoms with Crippen molar-refractivity contribution in [3.05, 3.63) is 54.4 Å². The molecule has 1 aromatic carbocycles. The fraction of sp³-hybridized carbons (Fsp3) is 0.316. The fourth-order valence-electron chi connectivity index (χ4n) is 2.41. The zero-order chi connectivity index (χ0) is 18.4. The van der Waals surface area contributed by atoms with Crippen LogP contribution in [0.15, 0.2) is 54.4 Å². The molecule has 6 heteroatoms. The number of para-hydroxylation sites is 1. The van der Waals surface area contributed by atoms with Crippen LogP contribution in [0.3, 0.4) is 0 Å². The topological polar surface area (TPSA) is 72.9 Å². The summed E-state index contributed by atoms with van der Waals surface area (Å²) in [6.45, 7) is 5.12. The van der Waals surface area contributed by atoms with Gasteiger partial charge in [0.25, 0.3) is 0 Å². The lowest BCUT2D eigenvalue weighted by molar-refractivity contribution is -0.131. The van der Waals surface area contributed by atoms with Crippen molar-refractivity contribution in [3.63, 3.8) is 0 Å². The SMILES string of the molecule is CCOC(=O)N1C=CC(C(C)C(C)=O)C(C(=O)Oc2ccccc2)=C1. The molecular weight excluding hydrogens is 322 g/mol. The number of hydrogen-bond donors (Lipinski definition) is 0. The van der Waals surface area contributed by atoms with Crippen molar-refractivity contribution in [3.8, 4) is 5.75 Å². The molecule has 2 rings (SSSR count). The number of allylic oxidation sites excluding steroid dienone is 1. The second kappa shape index (κ2) is 8.28. The zero-order valence-electron chi connectivity index (χ0n) is 14.5. The lowest BCUT2D eigenvalue weighted by Gasteiger charge is -2.27. The van der Waals surface area contributed by atoms with Gasteiger partial charge in [0.15, 0.2) is 0 Å². The molecular formula is C19H21NO5. The van der Waals surface area contributed by atoms with Crippen molar-refractivity contribution in [2.75, 3.05) is 6.61 Å². The Balaban J connectivity index is 2.29. The molecule has 0 saturated carbocycles. The number of esters is 1. The molecule has 0 fully saturated rings. The van der Waals surface area contributed by atoms with Crippen molar-refractivity contribution in [1.29, 1.82) is 0 Å². The number of ether oxygens (including phenoxy) is 2. The maximum Gasteiger partial charge on any atom is 0.417 e. The number of amides is 1. The molecule has 0 bridgehead atoms. The van der Waals surface area contributed by atoms with Crippen molar-refractivity contribution in [2.24, 2.45) is 11.8 Å². The normalized spacial score (nSPS) is 17.5. The second-order valence-electron chi connectivity index (χ2n) is 5.66. The Bertz CT molecular complexity index is 708. The minimum Gasteiger partial charge on any atom is -0.449 e. The molecule has 2 atom stereocenters. The predicted octanol–water partition coefficient (Wildman–Crippen LogP) is 3.30. The Labute approximate surface area is 146 Å². The molecule has 1 aliphatic heterocycles. The van der Waals surface area contributed by atoms with E-state index in [9.17, 15) is 14.4 Å². The molecule has 0 aromatic heterocycles. The summed E-state index contributed by atoms with van der Waals surface area (Å²) in [5, 5.41) is 0. The first-order chi connectivity index (χ1) is 11.9. The molecule has 0 aliphatic carbocycles. The van der Waals surface area contributed by atoms with Gasteiger partial charge in [0.2, 0.25) is 0 Å². The highest BCUT2D eigenvalue weighted by Crippen LogP contribution is 2.29. The first kappa shape index (κ1) is 18.4. The van der Waals surface area contributed by atoms with Crippen LogP contribution >= 0.6 is 0 Å². The van der Waals surface area contributed by atoms with Gasteiger partial charge in [-0.2, -0.15) is 0 Å². The third-order valence-electron chi connectivity index (χ3n) is 3.94. The van der Waals surface area contributed by atoms with Crippen LogP contribution in [-0.2, 0) is 14.3 Å². The van der Waals surface area contributed by atoms with E-state index < -0.39 is 23.9 Å². The monoisotopic (exact) mass is 343 g/mol. The number of rotatable bonds is 5. The minimum atomic E-state index is -0.608. The van der Waals surface area contributed by atoms with Gasteiger partial charge in [0, 0.05) is 24.2 Å². The molecule has 132 valence electrons. The smallest absolute Gasteiger partial charge is 0.417 e. The molecule has 0 spiro atoms. The minimum absolute atomic E-state index is 0.0577. The van der Waals surface area contributed by atoms with E-state index in [0.29, 0.717) is 5.75 Å². The van der Waals surface area contributed by atoms with Gasteiger partial charge >= 0.3 is 12.1 Å². The summed E-state index contributed by atoms with van der Waals surface area (Å²) in [4.78, 5) is 37.5. The van der Waals surface area contributed by atoms with Crippen LogP contribution in [0.1, 0.15) is 20.8 Å². The summed E-state index contributed by atoms with van der Waals surface area (Å²) >= 11 is 0. The molecule has 1 aromatic rings. The Morgan fingerprint density at radius 1 is 1.20 bits per heavy atom. The third-order valence-corrected chi connectivity index (χ3v) is 3.94. The standard InChI is InChI=1S/C19H21NO5/c1-4-24-19(23)20-11-10-16(13(2)14(3)21)17(12-20)18(22)25-15-8-6-5-7-9-15/h5-13,16H,4H2,1-3H3. The molecule has 1 heterocycles. The number of Topliss-reactive ketones (excluding diaryl/α,β-unsaturated/α-hetero) is 1. The summed E-state index contributed by atoms with van der Waals surface area (Å²) < 4.78 is 10.3. The van der Waals surface area contributed by atoms with E-state index in [4.69, 9.17) is 9.47 Å². The number of nitrogens with zero attached hydrogens (tertiary/aromatic N) is 1. The quantitative estimate of drug-likeness (QED) is 0.606. The average molecular weight is 343 g/mol. The molecule has 0 saturated heterocycles. The zero-order valence-corrected chi connectivity index (χ0v) is 14.5. The number of ketones is 1. The molecule has 0 radical (unpaired) electrons. The van der Waals surface area contributed by atoms with Crippen LogP contribution < -0.4 is 4.74 Å². The molecule has 1 amide bonds. The maximum absolute atomic E-state index is 12.6. The number of benzene rings is 1. The van der Waals surface area contributed by atoms with Crippen LogP contribution in [0.5, 0.6) is 5.75 Å². The van der Waals surface area contributed by atoms with Gasteiger partial charge in [-0.1, -0.05) is 31.2 Å². The van der Waals surface area contributed by atoms with Gasteiger partial charge in [0.1, 0.15) is 11.5 Å². The van der Waals surface area contributed by atoms with E-state index in [1.165, 1.54) is 24.2 Å². The fourth-order valence-corrected chi connectivity index (χ4v) is 2.41. The summed E-state index contributed by atoms with van der Waals surface area (Å²) in [6.07, 6.45) is 3.91. The first-order valence-corrected chi connectivity index (χ1v) is 8.06.